The molecule has 7 heteroatoms. The first-order valence-corrected chi connectivity index (χ1v) is 9.06. The minimum absolute atomic E-state index is 0.0783. The molecule has 20 heavy (non-hydrogen) atoms. The van der Waals surface area contributed by atoms with Gasteiger partial charge in [0.15, 0.2) is 4.67 Å². The number of rotatable bonds is 5. The second-order valence-electron chi connectivity index (χ2n) is 5.45. The molecule has 0 amide bonds. The topological polar surface area (TPSA) is 62.6 Å². The van der Waals surface area contributed by atoms with E-state index in [4.69, 9.17) is 4.42 Å². The average Bonchev–Trinajstić information content (AvgIpc) is 2.96. The van der Waals surface area contributed by atoms with Crippen LogP contribution in [-0.2, 0) is 16.6 Å². The van der Waals surface area contributed by atoms with E-state index < -0.39 is 10.0 Å². The van der Waals surface area contributed by atoms with E-state index in [1.165, 1.54) is 0 Å². The van der Waals surface area contributed by atoms with E-state index in [0.29, 0.717) is 24.8 Å². The fourth-order valence-electron chi connectivity index (χ4n) is 2.69. The normalized spacial score (nSPS) is 20.9. The summed E-state index contributed by atoms with van der Waals surface area (Å²) in [6.45, 7) is 5.22. The van der Waals surface area contributed by atoms with Crippen LogP contribution in [0.15, 0.2) is 20.0 Å². The molecule has 1 aromatic rings. The van der Waals surface area contributed by atoms with Gasteiger partial charge in [0.1, 0.15) is 10.7 Å². The van der Waals surface area contributed by atoms with Gasteiger partial charge < -0.3 is 9.73 Å². The SMILES string of the molecule is CNCc1cc(S(=O)(=O)N2CCCC2C(C)C)c(Br)o1. The van der Waals surface area contributed by atoms with E-state index in [9.17, 15) is 8.42 Å². The van der Waals surface area contributed by atoms with Crippen LogP contribution in [0.2, 0.25) is 0 Å². The molecule has 114 valence electrons. The fourth-order valence-corrected chi connectivity index (χ4v) is 5.48. The molecule has 1 aliphatic rings. The highest BCUT2D eigenvalue weighted by atomic mass is 79.9. The Kier molecular flexibility index (Phi) is 4.94. The zero-order valence-corrected chi connectivity index (χ0v) is 14.4. The van der Waals surface area contributed by atoms with Crippen LogP contribution in [0.3, 0.4) is 0 Å². The zero-order chi connectivity index (χ0) is 14.9. The van der Waals surface area contributed by atoms with Gasteiger partial charge in [-0.1, -0.05) is 13.8 Å². The van der Waals surface area contributed by atoms with Gasteiger partial charge in [-0.05, 0) is 41.7 Å². The number of hydrogen-bond donors (Lipinski definition) is 1. The highest BCUT2D eigenvalue weighted by molar-refractivity contribution is 9.10. The van der Waals surface area contributed by atoms with Gasteiger partial charge in [-0.2, -0.15) is 4.31 Å². The second-order valence-corrected chi connectivity index (χ2v) is 8.03. The van der Waals surface area contributed by atoms with Gasteiger partial charge in [0.25, 0.3) is 0 Å². The summed E-state index contributed by atoms with van der Waals surface area (Å²) in [6.07, 6.45) is 1.84. The van der Waals surface area contributed by atoms with E-state index in [-0.39, 0.29) is 15.6 Å². The van der Waals surface area contributed by atoms with Crippen LogP contribution in [0.25, 0.3) is 0 Å². The third-order valence-electron chi connectivity index (χ3n) is 3.66. The molecular formula is C13H21BrN2O3S. The molecule has 0 aliphatic carbocycles. The van der Waals surface area contributed by atoms with Gasteiger partial charge in [-0.25, -0.2) is 8.42 Å². The van der Waals surface area contributed by atoms with E-state index in [2.05, 4.69) is 35.1 Å². The summed E-state index contributed by atoms with van der Waals surface area (Å²) in [7, 11) is -1.70. The molecular weight excluding hydrogens is 344 g/mol. The minimum Gasteiger partial charge on any atom is -0.452 e. The molecule has 1 aromatic heterocycles. The Bertz CT molecular complexity index is 568. The predicted molar refractivity (Wildman–Crippen MR) is 80.9 cm³/mol. The zero-order valence-electron chi connectivity index (χ0n) is 12.0. The molecule has 2 heterocycles. The molecule has 0 radical (unpaired) electrons. The van der Waals surface area contributed by atoms with E-state index in [0.717, 1.165) is 12.8 Å². The summed E-state index contributed by atoms with van der Waals surface area (Å²) in [5, 5.41) is 2.95. The first-order valence-electron chi connectivity index (χ1n) is 6.82. The first kappa shape index (κ1) is 16.0. The summed E-state index contributed by atoms with van der Waals surface area (Å²) in [4.78, 5) is 0.232. The van der Waals surface area contributed by atoms with Gasteiger partial charge in [-0.15, -0.1) is 0 Å². The molecule has 5 nitrogen and oxygen atoms in total. The quantitative estimate of drug-likeness (QED) is 0.871. The Morgan fingerprint density at radius 3 is 2.85 bits per heavy atom. The van der Waals surface area contributed by atoms with Crippen LogP contribution >= 0.6 is 15.9 Å². The van der Waals surface area contributed by atoms with Crippen LogP contribution in [0.4, 0.5) is 0 Å². The summed E-state index contributed by atoms with van der Waals surface area (Å²) in [5.41, 5.74) is 0. The smallest absolute Gasteiger partial charge is 0.247 e. The van der Waals surface area contributed by atoms with Crippen molar-refractivity contribution in [3.05, 3.63) is 16.5 Å². The fraction of sp³-hybridized carbons (Fsp3) is 0.692. The second kappa shape index (κ2) is 6.17. The lowest BCUT2D eigenvalue weighted by Gasteiger charge is -2.26. The van der Waals surface area contributed by atoms with Crippen molar-refractivity contribution in [1.29, 1.82) is 0 Å². The monoisotopic (exact) mass is 364 g/mol. The maximum Gasteiger partial charge on any atom is 0.247 e. The van der Waals surface area contributed by atoms with Gasteiger partial charge in [-0.3, -0.25) is 0 Å². The van der Waals surface area contributed by atoms with Crippen LogP contribution in [0.5, 0.6) is 0 Å². The molecule has 0 aromatic carbocycles. The van der Waals surface area contributed by atoms with Crippen LogP contribution < -0.4 is 5.32 Å². The Morgan fingerprint density at radius 1 is 1.55 bits per heavy atom. The van der Waals surface area contributed by atoms with Crippen molar-refractivity contribution in [2.75, 3.05) is 13.6 Å². The number of sulfonamides is 1. The summed E-state index contributed by atoms with van der Waals surface area (Å²) >= 11 is 3.23. The van der Waals surface area contributed by atoms with E-state index in [1.807, 2.05) is 0 Å². The third-order valence-corrected chi connectivity index (χ3v) is 6.44. The van der Waals surface area contributed by atoms with Gasteiger partial charge in [0.2, 0.25) is 10.0 Å². The molecule has 0 spiro atoms. The Labute approximate surface area is 128 Å². The lowest BCUT2D eigenvalue weighted by molar-refractivity contribution is 0.315. The molecule has 2 rings (SSSR count). The maximum atomic E-state index is 12.8. The summed E-state index contributed by atoms with van der Waals surface area (Å²) in [5.74, 6) is 0.924. The van der Waals surface area contributed by atoms with Gasteiger partial charge in [0, 0.05) is 18.7 Å². The van der Waals surface area contributed by atoms with Crippen molar-refractivity contribution < 1.29 is 12.8 Å². The van der Waals surface area contributed by atoms with Gasteiger partial charge in [0.05, 0.1) is 6.54 Å². The van der Waals surface area contributed by atoms with Crippen LogP contribution in [0.1, 0.15) is 32.4 Å². The lowest BCUT2D eigenvalue weighted by Crippen LogP contribution is -2.38. The predicted octanol–water partition coefficient (Wildman–Crippen LogP) is 2.57. The maximum absolute atomic E-state index is 12.8. The Morgan fingerprint density at radius 2 is 2.25 bits per heavy atom. The molecule has 1 fully saturated rings. The highest BCUT2D eigenvalue weighted by Gasteiger charge is 2.38. The first-order chi connectivity index (χ1) is 9.37. The van der Waals surface area contributed by atoms with Crippen molar-refractivity contribution >= 4 is 26.0 Å². The van der Waals surface area contributed by atoms with Crippen molar-refractivity contribution in [2.45, 2.75) is 44.2 Å². The number of nitrogens with one attached hydrogen (secondary N) is 1. The molecule has 0 bridgehead atoms. The van der Waals surface area contributed by atoms with Crippen molar-refractivity contribution in [3.63, 3.8) is 0 Å². The summed E-state index contributed by atoms with van der Waals surface area (Å²) < 4.78 is 33.0. The van der Waals surface area contributed by atoms with Gasteiger partial charge >= 0.3 is 0 Å². The average molecular weight is 365 g/mol. The minimum atomic E-state index is -3.50. The number of halogens is 1. The van der Waals surface area contributed by atoms with Crippen molar-refractivity contribution in [2.24, 2.45) is 5.92 Å². The largest absolute Gasteiger partial charge is 0.452 e. The molecule has 0 saturated carbocycles. The Balaban J connectivity index is 2.35. The number of nitrogens with zero attached hydrogens (tertiary/aromatic N) is 1. The molecule has 1 atom stereocenters. The molecule has 1 unspecified atom stereocenters. The van der Waals surface area contributed by atoms with Crippen molar-refractivity contribution in [3.8, 4) is 0 Å². The summed E-state index contributed by atoms with van der Waals surface area (Å²) in [6, 6.07) is 1.68. The van der Waals surface area contributed by atoms with E-state index >= 15 is 0 Å². The number of furan rings is 1. The van der Waals surface area contributed by atoms with Crippen molar-refractivity contribution in [1.82, 2.24) is 9.62 Å². The van der Waals surface area contributed by atoms with Crippen LogP contribution in [-0.4, -0.2) is 32.4 Å². The highest BCUT2D eigenvalue weighted by Crippen LogP contribution is 2.34. The molecule has 1 aliphatic heterocycles. The lowest BCUT2D eigenvalue weighted by atomic mass is 10.0. The Hall–Kier alpha value is -0.370. The number of hydrogen-bond acceptors (Lipinski definition) is 4. The molecule has 1 saturated heterocycles. The molecule has 1 N–H and O–H groups in total. The van der Waals surface area contributed by atoms with E-state index in [1.54, 1.807) is 17.4 Å². The van der Waals surface area contributed by atoms with Crippen LogP contribution in [0, 0.1) is 5.92 Å². The standard InChI is InChI=1S/C13H21BrN2O3S/c1-9(2)11-5-4-6-16(11)20(17,18)12-7-10(8-15-3)19-13(12)14/h7,9,11,15H,4-6,8H2,1-3H3. The third kappa shape index (κ3) is 2.95.